The first kappa shape index (κ1) is 22.2. The number of ether oxygens (including phenoxy) is 4. The molecule has 0 aliphatic heterocycles. The third kappa shape index (κ3) is 12.7. The molecular formula is C15H24O9. The first-order valence-corrected chi connectivity index (χ1v) is 7.17. The molecular weight excluding hydrogens is 324 g/mol. The van der Waals surface area contributed by atoms with E-state index in [1.807, 2.05) is 0 Å². The van der Waals surface area contributed by atoms with Crippen molar-refractivity contribution in [2.45, 2.75) is 18.3 Å². The molecule has 0 aliphatic rings. The maximum absolute atomic E-state index is 10.8. The molecule has 0 heterocycles. The number of hydrogen-bond donors (Lipinski definition) is 3. The lowest BCUT2D eigenvalue weighted by Gasteiger charge is -2.16. The molecule has 2 atom stereocenters. The molecule has 138 valence electrons. The van der Waals surface area contributed by atoms with E-state index in [0.717, 1.165) is 12.2 Å². The van der Waals surface area contributed by atoms with Crippen LogP contribution < -0.4 is 0 Å². The number of rotatable bonds is 14. The van der Waals surface area contributed by atoms with Gasteiger partial charge < -0.3 is 34.3 Å². The van der Waals surface area contributed by atoms with Gasteiger partial charge in [-0.1, -0.05) is 13.2 Å². The minimum atomic E-state index is -1.02. The van der Waals surface area contributed by atoms with Crippen LogP contribution >= 0.6 is 0 Å². The summed E-state index contributed by atoms with van der Waals surface area (Å²) in [6.45, 7) is 5.42. The summed E-state index contributed by atoms with van der Waals surface area (Å²) in [5, 5.41) is 28.5. The van der Waals surface area contributed by atoms with Crippen molar-refractivity contribution in [1.29, 1.82) is 0 Å². The van der Waals surface area contributed by atoms with Gasteiger partial charge in [-0.25, -0.2) is 9.59 Å². The van der Waals surface area contributed by atoms with Crippen molar-refractivity contribution in [3.8, 4) is 0 Å². The van der Waals surface area contributed by atoms with E-state index >= 15 is 0 Å². The third-order valence-electron chi connectivity index (χ3n) is 2.41. The normalized spacial score (nSPS) is 14.3. The van der Waals surface area contributed by atoms with Gasteiger partial charge in [0.2, 0.25) is 0 Å². The second kappa shape index (κ2) is 13.6. The predicted octanol–water partition coefficient (Wildman–Crippen LogP) is -1.44. The van der Waals surface area contributed by atoms with Gasteiger partial charge in [-0.15, -0.1) is 0 Å². The van der Waals surface area contributed by atoms with E-state index in [-0.39, 0.29) is 39.6 Å². The quantitative estimate of drug-likeness (QED) is 0.255. The summed E-state index contributed by atoms with van der Waals surface area (Å²) >= 11 is 0. The summed E-state index contributed by atoms with van der Waals surface area (Å²) in [5.41, 5.74) is 0. The number of esters is 2. The third-order valence-corrected chi connectivity index (χ3v) is 2.41. The summed E-state index contributed by atoms with van der Waals surface area (Å²) in [6.07, 6.45) is -1.08. The van der Waals surface area contributed by atoms with Crippen LogP contribution in [0.5, 0.6) is 0 Å². The molecule has 3 N–H and O–H groups in total. The van der Waals surface area contributed by atoms with E-state index in [9.17, 15) is 24.9 Å². The summed E-state index contributed by atoms with van der Waals surface area (Å²) in [6, 6.07) is 0. The van der Waals surface area contributed by atoms with Crippen LogP contribution in [-0.4, -0.2) is 85.2 Å². The average Bonchev–Trinajstić information content (AvgIpc) is 2.57. The average molecular weight is 348 g/mol. The molecule has 0 aromatic heterocycles. The molecule has 0 spiro atoms. The van der Waals surface area contributed by atoms with Gasteiger partial charge in [-0.3, -0.25) is 0 Å². The van der Waals surface area contributed by atoms with Gasteiger partial charge in [0.1, 0.15) is 31.5 Å². The summed E-state index contributed by atoms with van der Waals surface area (Å²) < 4.78 is 19.3. The van der Waals surface area contributed by atoms with Crippen molar-refractivity contribution < 1.29 is 43.9 Å². The number of carbonyl (C=O) groups is 2. The van der Waals surface area contributed by atoms with Crippen molar-refractivity contribution in [2.24, 2.45) is 0 Å². The van der Waals surface area contributed by atoms with Gasteiger partial charge in [-0.05, 0) is 0 Å². The molecule has 0 rings (SSSR count). The first-order chi connectivity index (χ1) is 11.4. The lowest BCUT2D eigenvalue weighted by molar-refractivity contribution is -0.142. The lowest BCUT2D eigenvalue weighted by Crippen LogP contribution is -2.30. The van der Waals surface area contributed by atoms with Gasteiger partial charge in [0.25, 0.3) is 0 Å². The van der Waals surface area contributed by atoms with E-state index in [2.05, 4.69) is 22.6 Å². The second-order valence-corrected chi connectivity index (χ2v) is 4.70. The van der Waals surface area contributed by atoms with E-state index < -0.39 is 30.3 Å². The van der Waals surface area contributed by atoms with E-state index in [4.69, 9.17) is 9.47 Å². The highest BCUT2D eigenvalue weighted by atomic mass is 16.6. The molecule has 0 amide bonds. The minimum Gasteiger partial charge on any atom is -0.460 e. The van der Waals surface area contributed by atoms with Crippen LogP contribution in [0, 0.1) is 0 Å². The second-order valence-electron chi connectivity index (χ2n) is 4.70. The Kier molecular flexibility index (Phi) is 12.6. The van der Waals surface area contributed by atoms with Gasteiger partial charge in [0.15, 0.2) is 0 Å². The monoisotopic (exact) mass is 348 g/mol. The summed E-state index contributed by atoms with van der Waals surface area (Å²) in [5.74, 6) is -1.31. The van der Waals surface area contributed by atoms with Gasteiger partial charge in [-0.2, -0.15) is 0 Å². The Morgan fingerprint density at radius 2 is 1.00 bits per heavy atom. The minimum absolute atomic E-state index is 0.117. The van der Waals surface area contributed by atoms with Crippen LogP contribution in [0.3, 0.4) is 0 Å². The van der Waals surface area contributed by atoms with Crippen LogP contribution in [0.4, 0.5) is 0 Å². The fourth-order valence-corrected chi connectivity index (χ4v) is 1.30. The Morgan fingerprint density at radius 3 is 1.29 bits per heavy atom. The smallest absolute Gasteiger partial charge is 0.330 e. The topological polar surface area (TPSA) is 132 Å². The Morgan fingerprint density at radius 1 is 0.708 bits per heavy atom. The summed E-state index contributed by atoms with van der Waals surface area (Å²) in [4.78, 5) is 21.5. The van der Waals surface area contributed by atoms with E-state index in [1.165, 1.54) is 0 Å². The van der Waals surface area contributed by atoms with Gasteiger partial charge in [0.05, 0.1) is 26.4 Å². The van der Waals surface area contributed by atoms with Crippen LogP contribution in [0.15, 0.2) is 25.3 Å². The Bertz CT molecular complexity index is 360. The number of aliphatic hydroxyl groups excluding tert-OH is 3. The standard InChI is InChI=1S/C15H24O9/c1-3-14(19)23-9-12(17)7-21-5-11(16)6-22-8-13(18)10-24-15(20)4-2/h3-4,11-13,16-18H,1-2,5-10H2. The first-order valence-electron chi connectivity index (χ1n) is 7.17. The predicted molar refractivity (Wildman–Crippen MR) is 82.0 cm³/mol. The number of hydrogen-bond acceptors (Lipinski definition) is 9. The number of carbonyl (C=O) groups excluding carboxylic acids is 2. The molecule has 0 saturated carbocycles. The van der Waals surface area contributed by atoms with Crippen molar-refractivity contribution in [1.82, 2.24) is 0 Å². The summed E-state index contributed by atoms with van der Waals surface area (Å²) in [7, 11) is 0. The molecule has 0 aliphatic carbocycles. The van der Waals surface area contributed by atoms with Gasteiger partial charge >= 0.3 is 11.9 Å². The molecule has 0 aromatic rings. The molecule has 24 heavy (non-hydrogen) atoms. The Hall–Kier alpha value is -1.78. The molecule has 9 nitrogen and oxygen atoms in total. The largest absolute Gasteiger partial charge is 0.460 e. The highest BCUT2D eigenvalue weighted by Gasteiger charge is 2.12. The van der Waals surface area contributed by atoms with Crippen LogP contribution in [0.2, 0.25) is 0 Å². The molecule has 2 unspecified atom stereocenters. The van der Waals surface area contributed by atoms with Crippen molar-refractivity contribution in [3.63, 3.8) is 0 Å². The molecule has 0 aromatic carbocycles. The fourth-order valence-electron chi connectivity index (χ4n) is 1.30. The van der Waals surface area contributed by atoms with Crippen molar-refractivity contribution in [2.75, 3.05) is 39.6 Å². The maximum atomic E-state index is 10.8. The lowest BCUT2D eigenvalue weighted by atomic mass is 10.3. The maximum Gasteiger partial charge on any atom is 0.330 e. The van der Waals surface area contributed by atoms with Gasteiger partial charge in [0, 0.05) is 12.2 Å². The molecule has 0 saturated heterocycles. The molecule has 0 bridgehead atoms. The zero-order chi connectivity index (χ0) is 18.4. The van der Waals surface area contributed by atoms with E-state index in [0.29, 0.717) is 0 Å². The Labute approximate surface area is 140 Å². The highest BCUT2D eigenvalue weighted by Crippen LogP contribution is 1.95. The van der Waals surface area contributed by atoms with Crippen LogP contribution in [-0.2, 0) is 28.5 Å². The fraction of sp³-hybridized carbons (Fsp3) is 0.600. The Balaban J connectivity index is 3.63. The van der Waals surface area contributed by atoms with Crippen LogP contribution in [0.1, 0.15) is 0 Å². The van der Waals surface area contributed by atoms with Crippen LogP contribution in [0.25, 0.3) is 0 Å². The van der Waals surface area contributed by atoms with E-state index in [1.54, 1.807) is 0 Å². The number of aliphatic hydroxyl groups is 3. The van der Waals surface area contributed by atoms with Crippen molar-refractivity contribution in [3.05, 3.63) is 25.3 Å². The molecule has 0 radical (unpaired) electrons. The highest BCUT2D eigenvalue weighted by molar-refractivity contribution is 5.81. The van der Waals surface area contributed by atoms with Crippen molar-refractivity contribution >= 4 is 11.9 Å². The zero-order valence-corrected chi connectivity index (χ0v) is 13.3. The molecule has 0 fully saturated rings. The zero-order valence-electron chi connectivity index (χ0n) is 13.3. The SMILES string of the molecule is C=CC(=O)OCC(O)COCC(O)COCC(O)COC(=O)C=C. The molecule has 9 heteroatoms.